The third-order valence-electron chi connectivity index (χ3n) is 3.68. The number of halogens is 1. The maximum Gasteiger partial charge on any atom is 0.340 e. The minimum absolute atomic E-state index is 0.164. The van der Waals surface area contributed by atoms with Crippen LogP contribution in [0.15, 0.2) is 5.29 Å². The first kappa shape index (κ1) is 11.6. The van der Waals surface area contributed by atoms with Gasteiger partial charge in [0.15, 0.2) is 0 Å². The van der Waals surface area contributed by atoms with Gasteiger partial charge in [-0.25, -0.2) is 4.79 Å². The number of alkyl halides is 1. The minimum Gasteiger partial charge on any atom is -0.333 e. The van der Waals surface area contributed by atoms with Crippen LogP contribution in [0.3, 0.4) is 0 Å². The normalized spacial score (nSPS) is 31.4. The Morgan fingerprint density at radius 3 is 2.75 bits per heavy atom. The average molecular weight is 246 g/mol. The second kappa shape index (κ2) is 4.99. The molecule has 0 aromatic carbocycles. The molecule has 90 valence electrons. The molecule has 0 aliphatic heterocycles. The second-order valence-electron chi connectivity index (χ2n) is 4.62. The van der Waals surface area contributed by atoms with Gasteiger partial charge in [-0.15, -0.1) is 16.5 Å². The summed E-state index contributed by atoms with van der Waals surface area (Å²) in [7, 11) is 0. The van der Waals surface area contributed by atoms with Gasteiger partial charge >= 0.3 is 6.03 Å². The summed E-state index contributed by atoms with van der Waals surface area (Å²) < 4.78 is 0. The van der Waals surface area contributed by atoms with Crippen LogP contribution in [-0.2, 0) is 0 Å². The fourth-order valence-corrected chi connectivity index (χ4v) is 3.07. The Labute approximate surface area is 99.5 Å². The highest BCUT2D eigenvalue weighted by atomic mass is 35.5. The Balaban J connectivity index is 1.84. The quantitative estimate of drug-likeness (QED) is 0.468. The molecule has 2 aliphatic carbocycles. The molecule has 2 saturated carbocycles. The molecule has 0 radical (unpaired) electrons. The summed E-state index contributed by atoms with van der Waals surface area (Å²) in [6.07, 6.45) is 4.74. The lowest BCUT2D eigenvalue weighted by atomic mass is 9.95. The number of rotatable bonds is 4. The van der Waals surface area contributed by atoms with Crippen LogP contribution >= 0.6 is 11.6 Å². The summed E-state index contributed by atoms with van der Waals surface area (Å²) in [5.74, 6) is 1.58. The van der Waals surface area contributed by atoms with Crippen molar-refractivity contribution in [3.8, 4) is 0 Å². The number of fused-ring (bicyclic) bond motifs is 2. The molecule has 0 unspecified atom stereocenters. The fourth-order valence-electron chi connectivity index (χ4n) is 2.91. The van der Waals surface area contributed by atoms with Crippen molar-refractivity contribution in [1.82, 2.24) is 10.3 Å². The van der Waals surface area contributed by atoms with E-state index in [0.29, 0.717) is 5.92 Å². The Bertz CT molecular complexity index is 287. The van der Waals surface area contributed by atoms with E-state index >= 15 is 0 Å². The van der Waals surface area contributed by atoms with Crippen LogP contribution in [0.5, 0.6) is 0 Å². The molecule has 0 aromatic rings. The average Bonchev–Trinajstić information content (AvgIpc) is 2.87. The minimum atomic E-state index is -0.409. The molecular weight excluding hydrogens is 230 g/mol. The molecule has 2 aliphatic rings. The zero-order valence-corrected chi connectivity index (χ0v) is 9.82. The highest BCUT2D eigenvalue weighted by Crippen LogP contribution is 2.44. The number of hydrogen-bond donors (Lipinski definition) is 1. The summed E-state index contributed by atoms with van der Waals surface area (Å²) in [6.45, 7) is 0.164. The van der Waals surface area contributed by atoms with Crippen LogP contribution in [0.1, 0.15) is 25.7 Å². The molecule has 5 nitrogen and oxygen atoms in total. The summed E-state index contributed by atoms with van der Waals surface area (Å²) in [5.41, 5.74) is 0. The van der Waals surface area contributed by atoms with Crippen molar-refractivity contribution in [1.29, 1.82) is 0 Å². The van der Waals surface area contributed by atoms with Crippen molar-refractivity contribution in [2.75, 3.05) is 12.4 Å². The molecule has 6 heteroatoms. The predicted molar refractivity (Wildman–Crippen MR) is 61.0 cm³/mol. The summed E-state index contributed by atoms with van der Waals surface area (Å²) in [4.78, 5) is 22.1. The van der Waals surface area contributed by atoms with Crippen LogP contribution in [0.25, 0.3) is 0 Å². The Hall–Kier alpha value is -0.840. The zero-order chi connectivity index (χ0) is 11.5. The Kier molecular flexibility index (Phi) is 3.63. The lowest BCUT2D eigenvalue weighted by Crippen LogP contribution is -2.45. The van der Waals surface area contributed by atoms with E-state index in [1.165, 1.54) is 19.3 Å². The first-order valence-electron chi connectivity index (χ1n) is 5.72. The van der Waals surface area contributed by atoms with Gasteiger partial charge in [-0.1, -0.05) is 6.42 Å². The largest absolute Gasteiger partial charge is 0.340 e. The van der Waals surface area contributed by atoms with Crippen molar-refractivity contribution in [2.24, 2.45) is 17.1 Å². The van der Waals surface area contributed by atoms with Crippen molar-refractivity contribution < 1.29 is 4.79 Å². The maximum absolute atomic E-state index is 11.7. The first-order chi connectivity index (χ1) is 7.74. The summed E-state index contributed by atoms with van der Waals surface area (Å²) in [6, 6.07) is -0.181. The molecule has 0 spiro atoms. The van der Waals surface area contributed by atoms with Crippen LogP contribution in [0, 0.1) is 16.7 Å². The van der Waals surface area contributed by atoms with Crippen molar-refractivity contribution in [3.05, 3.63) is 4.91 Å². The molecule has 0 aromatic heterocycles. The number of nitrogens with zero attached hydrogens (tertiary/aromatic N) is 2. The number of carbonyl (C=O) groups excluding carboxylic acids is 1. The van der Waals surface area contributed by atoms with E-state index < -0.39 is 6.03 Å². The summed E-state index contributed by atoms with van der Waals surface area (Å²) in [5, 5.41) is 6.41. The van der Waals surface area contributed by atoms with Crippen LogP contribution < -0.4 is 5.32 Å². The molecule has 2 bridgehead atoms. The van der Waals surface area contributed by atoms with Crippen LogP contribution in [0.4, 0.5) is 4.79 Å². The molecule has 3 atom stereocenters. The van der Waals surface area contributed by atoms with Gasteiger partial charge in [-0.2, -0.15) is 5.01 Å². The van der Waals surface area contributed by atoms with Crippen LogP contribution in [-0.4, -0.2) is 29.5 Å². The van der Waals surface area contributed by atoms with E-state index in [2.05, 4.69) is 10.6 Å². The van der Waals surface area contributed by atoms with E-state index in [1.807, 2.05) is 0 Å². The van der Waals surface area contributed by atoms with Crippen LogP contribution in [0.2, 0.25) is 0 Å². The fraction of sp³-hybridized carbons (Fsp3) is 0.900. The molecule has 16 heavy (non-hydrogen) atoms. The molecule has 1 N–H and O–H groups in total. The highest BCUT2D eigenvalue weighted by molar-refractivity contribution is 6.18. The third kappa shape index (κ3) is 2.29. The topological polar surface area (TPSA) is 61.8 Å². The van der Waals surface area contributed by atoms with Gasteiger partial charge < -0.3 is 5.32 Å². The van der Waals surface area contributed by atoms with Gasteiger partial charge in [0.25, 0.3) is 0 Å². The third-order valence-corrected chi connectivity index (χ3v) is 3.85. The van der Waals surface area contributed by atoms with Crippen molar-refractivity contribution in [2.45, 2.75) is 31.7 Å². The van der Waals surface area contributed by atoms with E-state index in [9.17, 15) is 9.70 Å². The van der Waals surface area contributed by atoms with Gasteiger partial charge in [0, 0.05) is 11.9 Å². The van der Waals surface area contributed by atoms with E-state index in [1.54, 1.807) is 0 Å². The predicted octanol–water partition coefficient (Wildman–Crippen LogP) is 2.11. The number of nitroso groups, excluding NO2 is 1. The van der Waals surface area contributed by atoms with Crippen molar-refractivity contribution >= 4 is 17.6 Å². The molecule has 2 fully saturated rings. The molecule has 2 amide bonds. The molecule has 0 heterocycles. The first-order valence-corrected chi connectivity index (χ1v) is 6.25. The van der Waals surface area contributed by atoms with Gasteiger partial charge in [-0.3, -0.25) is 0 Å². The van der Waals surface area contributed by atoms with Crippen molar-refractivity contribution in [3.63, 3.8) is 0 Å². The zero-order valence-electron chi connectivity index (χ0n) is 9.06. The number of urea groups is 1. The summed E-state index contributed by atoms with van der Waals surface area (Å²) >= 11 is 5.48. The van der Waals surface area contributed by atoms with E-state index in [0.717, 1.165) is 17.3 Å². The maximum atomic E-state index is 11.7. The smallest absolute Gasteiger partial charge is 0.333 e. The monoisotopic (exact) mass is 245 g/mol. The molecular formula is C10H16ClN3O2. The van der Waals surface area contributed by atoms with E-state index in [4.69, 9.17) is 11.6 Å². The Morgan fingerprint density at radius 1 is 1.44 bits per heavy atom. The van der Waals surface area contributed by atoms with Gasteiger partial charge in [0.05, 0.1) is 11.8 Å². The van der Waals surface area contributed by atoms with Gasteiger partial charge in [0.1, 0.15) is 0 Å². The second-order valence-corrected chi connectivity index (χ2v) is 5.00. The van der Waals surface area contributed by atoms with Gasteiger partial charge in [0.2, 0.25) is 0 Å². The SMILES string of the molecule is O=NN(CCCl)C(=O)N[C@H]1C[C@@H]2CC[C@@H]1C2. The standard InChI is InChI=1S/C10H16ClN3O2/c11-3-4-14(13-16)10(15)12-9-6-7-1-2-8(9)5-7/h7-9H,1-6H2,(H,12,15)/t7-,8-,9+/m1/s1. The van der Waals surface area contributed by atoms with E-state index in [-0.39, 0.29) is 18.5 Å². The lowest BCUT2D eigenvalue weighted by Gasteiger charge is -2.24. The number of amides is 2. The lowest BCUT2D eigenvalue weighted by molar-refractivity contribution is 0.192. The molecule has 0 saturated heterocycles. The number of hydrogen-bond acceptors (Lipinski definition) is 3. The number of nitrogens with one attached hydrogen (secondary N) is 1. The highest BCUT2D eigenvalue weighted by Gasteiger charge is 2.40. The Morgan fingerprint density at radius 2 is 2.25 bits per heavy atom. The molecule has 2 rings (SSSR count). The van der Waals surface area contributed by atoms with Gasteiger partial charge in [-0.05, 0) is 31.1 Å². The number of carbonyl (C=O) groups is 1.